The molecular formula is C49H36N2. The lowest BCUT2D eigenvalue weighted by molar-refractivity contribution is 0.809. The maximum Gasteiger partial charge on any atom is 0.0737 e. The minimum Gasteiger partial charge on any atom is -0.398 e. The van der Waals surface area contributed by atoms with Crippen LogP contribution in [0.25, 0.3) is 49.5 Å². The molecule has 0 atom stereocenters. The fourth-order valence-electron chi connectivity index (χ4n) is 8.45. The highest BCUT2D eigenvalue weighted by atomic mass is 14.6. The molecule has 0 saturated carbocycles. The van der Waals surface area contributed by atoms with Crippen LogP contribution in [0.4, 0.5) is 0 Å². The van der Waals surface area contributed by atoms with E-state index in [0.29, 0.717) is 11.4 Å². The molecule has 0 aromatic heterocycles. The van der Waals surface area contributed by atoms with E-state index in [1.165, 1.54) is 71.6 Å². The highest BCUT2D eigenvalue weighted by Gasteiger charge is 2.53. The Kier molecular flexibility index (Phi) is 7.26. The Hall–Kier alpha value is -6.51. The van der Waals surface area contributed by atoms with Crippen LogP contribution in [0.15, 0.2) is 182 Å². The first-order valence-electron chi connectivity index (χ1n) is 17.5. The van der Waals surface area contributed by atoms with Crippen LogP contribution in [0.3, 0.4) is 0 Å². The van der Waals surface area contributed by atoms with E-state index in [0.717, 1.165) is 11.1 Å². The highest BCUT2D eigenvalue weighted by molar-refractivity contribution is 6.10. The summed E-state index contributed by atoms with van der Waals surface area (Å²) in [7, 11) is 0. The first kappa shape index (κ1) is 30.5. The molecule has 2 aliphatic carbocycles. The van der Waals surface area contributed by atoms with Crippen molar-refractivity contribution in [3.63, 3.8) is 0 Å². The molecule has 0 unspecified atom stereocenters. The first-order valence-corrected chi connectivity index (χ1v) is 17.5. The number of hydrogen-bond donors (Lipinski definition) is 2. The average molecular weight is 653 g/mol. The van der Waals surface area contributed by atoms with E-state index in [-0.39, 0.29) is 5.41 Å². The molecule has 0 aliphatic heterocycles. The van der Waals surface area contributed by atoms with Gasteiger partial charge in [0, 0.05) is 5.70 Å². The summed E-state index contributed by atoms with van der Waals surface area (Å²) in [5, 5.41) is 13.3. The van der Waals surface area contributed by atoms with Gasteiger partial charge in [-0.3, -0.25) is 0 Å². The van der Waals surface area contributed by atoms with Gasteiger partial charge in [-0.2, -0.15) is 0 Å². The van der Waals surface area contributed by atoms with Crippen LogP contribution in [-0.4, -0.2) is 5.71 Å². The lowest BCUT2D eigenvalue weighted by Gasteiger charge is -2.32. The fourth-order valence-corrected chi connectivity index (χ4v) is 8.45. The number of nitrogens with one attached hydrogen (secondary N) is 1. The Morgan fingerprint density at radius 3 is 1.65 bits per heavy atom. The van der Waals surface area contributed by atoms with E-state index >= 15 is 0 Å². The van der Waals surface area contributed by atoms with Crippen molar-refractivity contribution in [3.8, 4) is 22.3 Å². The van der Waals surface area contributed by atoms with Gasteiger partial charge >= 0.3 is 0 Å². The van der Waals surface area contributed by atoms with Crippen LogP contribution in [0, 0.1) is 12.3 Å². The van der Waals surface area contributed by atoms with Gasteiger partial charge < -0.3 is 11.1 Å². The Balaban J connectivity index is 0.000000174. The molecule has 3 N–H and O–H groups in total. The predicted octanol–water partition coefficient (Wildman–Crippen LogP) is 11.7. The molecule has 0 heterocycles. The molecule has 242 valence electrons. The minimum absolute atomic E-state index is 0.326. The van der Waals surface area contributed by atoms with Crippen molar-refractivity contribution in [3.05, 3.63) is 221 Å². The van der Waals surface area contributed by atoms with E-state index in [1.54, 1.807) is 6.08 Å². The zero-order chi connectivity index (χ0) is 34.5. The summed E-state index contributed by atoms with van der Waals surface area (Å²) in [4.78, 5) is 0. The van der Waals surface area contributed by atoms with Crippen LogP contribution < -0.4 is 5.73 Å². The van der Waals surface area contributed by atoms with Gasteiger partial charge in [0.05, 0.1) is 11.1 Å². The quantitative estimate of drug-likeness (QED) is 0.183. The molecule has 0 radical (unpaired) electrons. The largest absolute Gasteiger partial charge is 0.398 e. The van der Waals surface area contributed by atoms with Gasteiger partial charge in [-0.05, 0) is 90.2 Å². The van der Waals surface area contributed by atoms with Crippen molar-refractivity contribution in [2.24, 2.45) is 5.73 Å². The molecule has 0 bridgehead atoms. The summed E-state index contributed by atoms with van der Waals surface area (Å²) in [5.74, 6) is 0. The lowest BCUT2D eigenvalue weighted by atomic mass is 9.68. The van der Waals surface area contributed by atoms with Gasteiger partial charge in [0.15, 0.2) is 0 Å². The molecule has 8 aromatic rings. The summed E-state index contributed by atoms with van der Waals surface area (Å²) in [5.41, 5.74) is 20.9. The molecule has 8 aromatic carbocycles. The molecule has 2 heteroatoms. The zero-order valence-corrected chi connectivity index (χ0v) is 28.4. The maximum atomic E-state index is 7.95. The second-order valence-corrected chi connectivity index (χ2v) is 13.5. The molecule has 51 heavy (non-hydrogen) atoms. The van der Waals surface area contributed by atoms with E-state index in [4.69, 9.17) is 11.1 Å². The van der Waals surface area contributed by atoms with Gasteiger partial charge in [-0.25, -0.2) is 0 Å². The average Bonchev–Trinajstić information content (AvgIpc) is 3.66. The van der Waals surface area contributed by atoms with Gasteiger partial charge in [0.25, 0.3) is 0 Å². The predicted molar refractivity (Wildman–Crippen MR) is 214 cm³/mol. The summed E-state index contributed by atoms with van der Waals surface area (Å²) >= 11 is 0. The van der Waals surface area contributed by atoms with Crippen molar-refractivity contribution < 1.29 is 0 Å². The lowest BCUT2D eigenvalue weighted by Crippen LogP contribution is -2.26. The summed E-state index contributed by atoms with van der Waals surface area (Å²) < 4.78 is 0. The Labute approximate surface area is 298 Å². The number of hydrogen-bond acceptors (Lipinski definition) is 2. The van der Waals surface area contributed by atoms with Gasteiger partial charge in [-0.1, -0.05) is 181 Å². The third-order valence-corrected chi connectivity index (χ3v) is 10.6. The molecule has 1 spiro atoms. The van der Waals surface area contributed by atoms with Crippen LogP contribution in [0.1, 0.15) is 38.9 Å². The van der Waals surface area contributed by atoms with Crippen LogP contribution in [0.5, 0.6) is 0 Å². The van der Waals surface area contributed by atoms with Crippen molar-refractivity contribution in [1.29, 1.82) is 5.41 Å². The van der Waals surface area contributed by atoms with Crippen LogP contribution in [0.2, 0.25) is 0 Å². The summed E-state index contributed by atoms with van der Waals surface area (Å²) in [6.07, 6.45) is 1.69. The second kappa shape index (κ2) is 12.1. The number of fused-ring (bicyclic) bond motifs is 14. The molecule has 0 fully saturated rings. The molecule has 2 nitrogen and oxygen atoms in total. The van der Waals surface area contributed by atoms with E-state index in [1.807, 2.05) is 60.7 Å². The Bertz CT molecular complexity index is 2620. The topological polar surface area (TPSA) is 49.9 Å². The van der Waals surface area contributed by atoms with Crippen LogP contribution in [-0.2, 0) is 5.41 Å². The number of aryl methyl sites for hydroxylation is 1. The first-order chi connectivity index (χ1) is 25.1. The van der Waals surface area contributed by atoms with Crippen molar-refractivity contribution >= 4 is 33.0 Å². The molecular weight excluding hydrogens is 617 g/mol. The molecule has 10 rings (SSSR count). The van der Waals surface area contributed by atoms with E-state index < -0.39 is 0 Å². The maximum absolute atomic E-state index is 7.95. The number of nitrogens with two attached hydrogens (primary N) is 1. The number of allylic oxidation sites excluding steroid dienone is 1. The summed E-state index contributed by atoms with van der Waals surface area (Å²) in [6.45, 7) is 2.19. The summed E-state index contributed by atoms with van der Waals surface area (Å²) in [6, 6.07) is 62.5. The minimum atomic E-state index is -0.326. The van der Waals surface area contributed by atoms with E-state index in [2.05, 4.69) is 122 Å². The molecule has 0 saturated heterocycles. The van der Waals surface area contributed by atoms with Gasteiger partial charge in [-0.15, -0.1) is 0 Å². The van der Waals surface area contributed by atoms with Crippen molar-refractivity contribution in [2.75, 3.05) is 0 Å². The fraction of sp³-hybridized carbons (Fsp3) is 0.0408. The van der Waals surface area contributed by atoms with Gasteiger partial charge in [0.2, 0.25) is 0 Å². The number of benzene rings is 8. The smallest absolute Gasteiger partial charge is 0.0737 e. The Morgan fingerprint density at radius 2 is 1.00 bits per heavy atom. The van der Waals surface area contributed by atoms with Crippen LogP contribution >= 0.6 is 0 Å². The van der Waals surface area contributed by atoms with Crippen molar-refractivity contribution in [2.45, 2.75) is 12.3 Å². The van der Waals surface area contributed by atoms with Crippen molar-refractivity contribution in [1.82, 2.24) is 0 Å². The highest BCUT2D eigenvalue weighted by Crippen LogP contribution is 2.65. The third kappa shape index (κ3) is 4.75. The molecule has 2 aliphatic rings. The van der Waals surface area contributed by atoms with Gasteiger partial charge in [0.1, 0.15) is 0 Å². The standard InChI is InChI=1S/C34H22.C15H14N2/c1-21-14-17-25-23(20-21)16-19-29-28-18-15-22-8-2-3-9-24(22)32(28)34(33(25)29)30-12-6-4-10-26(30)27-11-5-7-13-31(27)34;16-14(12-7-3-1-4-8-12)11-15(17)13-9-5-2-6-10-13/h2-20H,1H3;1-11,16H,17H2/b;15-11-,16-14?. The monoisotopic (exact) mass is 652 g/mol. The number of rotatable bonds is 3. The normalized spacial score (nSPS) is 13.2. The van der Waals surface area contributed by atoms with E-state index in [9.17, 15) is 0 Å². The third-order valence-electron chi connectivity index (χ3n) is 10.6. The second-order valence-electron chi connectivity index (χ2n) is 13.5. The SMILES string of the molecule is Cc1ccc2c3c(ccc2c1)-c1ccc2ccccc2c1C31c2ccccc2-c2ccccc21.N=C(/C=C(\N)c1ccccc1)c1ccccc1. The Morgan fingerprint density at radius 1 is 0.490 bits per heavy atom. The molecule has 0 amide bonds. The zero-order valence-electron chi connectivity index (χ0n) is 28.4.